The van der Waals surface area contributed by atoms with Gasteiger partial charge in [0.25, 0.3) is 11.8 Å². The second-order valence-corrected chi connectivity index (χ2v) is 7.18. The number of nitrogens with one attached hydrogen (secondary N) is 2. The first kappa shape index (κ1) is 18.7. The van der Waals surface area contributed by atoms with Crippen molar-refractivity contribution in [2.45, 2.75) is 0 Å². The van der Waals surface area contributed by atoms with Crippen molar-refractivity contribution in [2.24, 2.45) is 16.1 Å². The Morgan fingerprint density at radius 1 is 1.10 bits per heavy atom. The van der Waals surface area contributed by atoms with E-state index in [1.807, 2.05) is 54.6 Å². The van der Waals surface area contributed by atoms with Gasteiger partial charge in [0.1, 0.15) is 5.75 Å². The molecule has 2 heterocycles. The van der Waals surface area contributed by atoms with Crippen LogP contribution >= 0.6 is 0 Å². The first-order valence-corrected chi connectivity index (χ1v) is 9.76. The predicted molar refractivity (Wildman–Crippen MR) is 118 cm³/mol. The number of nitrogens with zero attached hydrogens (tertiary/aromatic N) is 2. The van der Waals surface area contributed by atoms with E-state index in [1.54, 1.807) is 25.4 Å². The molecular weight excluding hydrogens is 392 g/mol. The fourth-order valence-electron chi connectivity index (χ4n) is 3.84. The lowest BCUT2D eigenvalue weighted by atomic mass is 9.89. The van der Waals surface area contributed by atoms with Gasteiger partial charge in [-0.25, -0.2) is 0 Å². The van der Waals surface area contributed by atoms with Crippen LogP contribution in [0.15, 0.2) is 88.8 Å². The number of aromatic nitrogens is 1. The molecule has 1 aromatic heterocycles. The Morgan fingerprint density at radius 3 is 2.74 bits per heavy atom. The van der Waals surface area contributed by atoms with Crippen LogP contribution in [0, 0.1) is 5.92 Å². The van der Waals surface area contributed by atoms with Crippen LogP contribution < -0.4 is 10.1 Å². The molecule has 2 N–H and O–H groups in total. The minimum Gasteiger partial charge on any atom is -0.496 e. The van der Waals surface area contributed by atoms with Gasteiger partial charge in [-0.3, -0.25) is 9.59 Å². The van der Waals surface area contributed by atoms with E-state index in [1.165, 1.54) is 0 Å². The van der Waals surface area contributed by atoms with E-state index in [-0.39, 0.29) is 11.8 Å². The fraction of sp³-hybridized carbons (Fsp3) is 0.0833. The minimum absolute atomic E-state index is 0.242. The molecule has 3 aromatic rings. The summed E-state index contributed by atoms with van der Waals surface area (Å²) in [7, 11) is 1.58. The van der Waals surface area contributed by atoms with E-state index in [0.717, 1.165) is 22.0 Å². The average Bonchev–Trinajstić information content (AvgIpc) is 3.25. The lowest BCUT2D eigenvalue weighted by Gasteiger charge is -2.19. The van der Waals surface area contributed by atoms with Crippen LogP contribution in [-0.4, -0.2) is 23.9 Å². The van der Waals surface area contributed by atoms with Gasteiger partial charge < -0.3 is 15.0 Å². The van der Waals surface area contributed by atoms with Crippen LogP contribution in [0.4, 0.5) is 5.69 Å². The summed E-state index contributed by atoms with van der Waals surface area (Å²) in [5, 5.41) is 11.5. The molecule has 0 spiro atoms. The maximum absolute atomic E-state index is 12.9. The molecule has 152 valence electrons. The van der Waals surface area contributed by atoms with E-state index in [4.69, 9.17) is 4.74 Å². The van der Waals surface area contributed by atoms with Gasteiger partial charge >= 0.3 is 0 Å². The van der Waals surface area contributed by atoms with Gasteiger partial charge in [-0.05, 0) is 29.8 Å². The van der Waals surface area contributed by atoms with Gasteiger partial charge in [0.05, 0.1) is 29.7 Å². The summed E-state index contributed by atoms with van der Waals surface area (Å²) in [6.45, 7) is 0. The molecule has 0 fully saturated rings. The Kier molecular flexibility index (Phi) is 4.55. The highest BCUT2D eigenvalue weighted by Crippen LogP contribution is 2.34. The van der Waals surface area contributed by atoms with E-state index < -0.39 is 5.92 Å². The number of rotatable bonds is 4. The third kappa shape index (κ3) is 3.26. The lowest BCUT2D eigenvalue weighted by molar-refractivity contribution is -0.119. The standard InChI is InChI=1S/C24H18N4O3/c1-31-20-8-4-7-19-21(20)18(13-25-19)23(29)26-15-11-9-14(10-12-15)22-16-5-2-3-6-17(16)24(30)28-27-22/h2-13,17,25H,1H3,(H,26,29). The number of allylic oxidation sites excluding steroid dienone is 3. The fourth-order valence-corrected chi connectivity index (χ4v) is 3.84. The molecule has 31 heavy (non-hydrogen) atoms. The maximum atomic E-state index is 12.9. The number of carbonyl (C=O) groups excluding carboxylic acids is 2. The number of anilines is 1. The van der Waals surface area contributed by atoms with Crippen molar-refractivity contribution < 1.29 is 14.3 Å². The molecule has 1 aliphatic carbocycles. The topological polar surface area (TPSA) is 95.9 Å². The van der Waals surface area contributed by atoms with Crippen LogP contribution in [0.1, 0.15) is 15.9 Å². The minimum atomic E-state index is -0.395. The monoisotopic (exact) mass is 410 g/mol. The number of ether oxygens (including phenoxy) is 1. The molecule has 0 saturated carbocycles. The summed E-state index contributed by atoms with van der Waals surface area (Å²) in [5.74, 6) is -0.269. The van der Waals surface area contributed by atoms with Crippen LogP contribution in [0.5, 0.6) is 5.75 Å². The summed E-state index contributed by atoms with van der Waals surface area (Å²) < 4.78 is 5.40. The maximum Gasteiger partial charge on any atom is 0.276 e. The van der Waals surface area contributed by atoms with E-state index in [2.05, 4.69) is 20.5 Å². The molecule has 7 heteroatoms. The molecule has 0 bridgehead atoms. The number of amides is 2. The van der Waals surface area contributed by atoms with Gasteiger partial charge in [0, 0.05) is 23.0 Å². The molecule has 1 atom stereocenters. The molecule has 5 rings (SSSR count). The van der Waals surface area contributed by atoms with Crippen LogP contribution in [0.25, 0.3) is 16.6 Å². The highest BCUT2D eigenvalue weighted by atomic mass is 16.5. The van der Waals surface area contributed by atoms with Crippen LogP contribution in [-0.2, 0) is 4.79 Å². The number of methoxy groups -OCH3 is 1. The summed E-state index contributed by atoms with van der Waals surface area (Å²) in [6.07, 6.45) is 9.09. The summed E-state index contributed by atoms with van der Waals surface area (Å²) in [5.41, 5.74) is 4.28. The zero-order valence-corrected chi connectivity index (χ0v) is 16.6. The van der Waals surface area contributed by atoms with E-state index in [9.17, 15) is 9.59 Å². The van der Waals surface area contributed by atoms with Gasteiger partial charge in [-0.2, -0.15) is 0 Å². The van der Waals surface area contributed by atoms with E-state index >= 15 is 0 Å². The number of fused-ring (bicyclic) bond motifs is 2. The van der Waals surface area contributed by atoms with Crippen LogP contribution in [0.3, 0.4) is 0 Å². The molecule has 0 saturated heterocycles. The summed E-state index contributed by atoms with van der Waals surface area (Å²) in [6, 6.07) is 12.9. The molecule has 0 radical (unpaired) electrons. The number of hydrogen-bond donors (Lipinski definition) is 2. The van der Waals surface area contributed by atoms with Crippen molar-refractivity contribution in [1.29, 1.82) is 0 Å². The third-order valence-electron chi connectivity index (χ3n) is 5.36. The Balaban J connectivity index is 1.41. The number of azo groups is 1. The zero-order chi connectivity index (χ0) is 21.4. The second kappa shape index (κ2) is 7.53. The molecule has 2 aliphatic rings. The zero-order valence-electron chi connectivity index (χ0n) is 16.6. The highest BCUT2D eigenvalue weighted by Gasteiger charge is 2.27. The molecular formula is C24H18N4O3. The molecule has 1 aliphatic heterocycles. The van der Waals surface area contributed by atoms with Crippen molar-refractivity contribution in [2.75, 3.05) is 12.4 Å². The Labute approximate surface area is 177 Å². The Hall–Kier alpha value is -4.26. The SMILES string of the molecule is COc1cccc2[nH]cc(C(=O)Nc3ccc(C4=C5C=CC=CC5C(=O)N=N4)cc3)c12. The Bertz CT molecular complexity index is 1330. The number of H-pyrrole nitrogens is 1. The smallest absolute Gasteiger partial charge is 0.276 e. The Morgan fingerprint density at radius 2 is 1.94 bits per heavy atom. The first-order valence-electron chi connectivity index (χ1n) is 9.76. The van der Waals surface area contributed by atoms with Crippen molar-refractivity contribution >= 4 is 34.1 Å². The van der Waals surface area contributed by atoms with Gasteiger partial charge in [-0.15, -0.1) is 10.2 Å². The first-order chi connectivity index (χ1) is 15.2. The number of benzene rings is 2. The van der Waals surface area contributed by atoms with Crippen molar-refractivity contribution in [1.82, 2.24) is 4.98 Å². The molecule has 2 aromatic carbocycles. The summed E-state index contributed by atoms with van der Waals surface area (Å²) >= 11 is 0. The lowest BCUT2D eigenvalue weighted by Crippen LogP contribution is -2.17. The largest absolute Gasteiger partial charge is 0.496 e. The van der Waals surface area contributed by atoms with Gasteiger partial charge in [0.2, 0.25) is 0 Å². The second-order valence-electron chi connectivity index (χ2n) is 7.18. The number of carbonyl (C=O) groups is 2. The molecule has 7 nitrogen and oxygen atoms in total. The van der Waals surface area contributed by atoms with Gasteiger partial charge in [0.15, 0.2) is 0 Å². The van der Waals surface area contributed by atoms with Crippen molar-refractivity contribution in [3.63, 3.8) is 0 Å². The predicted octanol–water partition coefficient (Wildman–Crippen LogP) is 4.87. The number of hydrogen-bond acceptors (Lipinski definition) is 4. The number of aromatic amines is 1. The van der Waals surface area contributed by atoms with Gasteiger partial charge in [-0.1, -0.05) is 42.5 Å². The quantitative estimate of drug-likeness (QED) is 0.642. The van der Waals surface area contributed by atoms with Crippen molar-refractivity contribution in [3.8, 4) is 5.75 Å². The highest BCUT2D eigenvalue weighted by molar-refractivity contribution is 6.14. The molecule has 1 unspecified atom stereocenters. The average molecular weight is 410 g/mol. The van der Waals surface area contributed by atoms with Crippen molar-refractivity contribution in [3.05, 3.63) is 89.7 Å². The van der Waals surface area contributed by atoms with Crippen LogP contribution in [0.2, 0.25) is 0 Å². The normalized spacial score (nSPS) is 17.2. The summed E-state index contributed by atoms with van der Waals surface area (Å²) in [4.78, 5) is 28.0. The third-order valence-corrected chi connectivity index (χ3v) is 5.36. The van der Waals surface area contributed by atoms with E-state index in [0.29, 0.717) is 22.7 Å². The molecule has 2 amide bonds.